The fraction of sp³-hybridized carbons (Fsp3) is 0.167. The monoisotopic (exact) mass is 383 g/mol. The van der Waals surface area contributed by atoms with Crippen LogP contribution >= 0.6 is 0 Å². The molecule has 0 aliphatic rings. The van der Waals surface area contributed by atoms with Crippen LogP contribution in [0.25, 0.3) is 33.7 Å². The second kappa shape index (κ2) is 8.27. The number of hydrogen-bond acceptors (Lipinski definition) is 5. The quantitative estimate of drug-likeness (QED) is 0.482. The number of fused-ring (bicyclic) bond motifs is 1. The Hall–Kier alpha value is -3.46. The van der Waals surface area contributed by atoms with E-state index in [2.05, 4.69) is 16.4 Å². The van der Waals surface area contributed by atoms with E-state index in [9.17, 15) is 5.26 Å². The Morgan fingerprint density at radius 2 is 1.86 bits per heavy atom. The van der Waals surface area contributed by atoms with Crippen LogP contribution in [0.15, 0.2) is 65.1 Å². The largest absolute Gasteiger partial charge is 0.436 e. The smallest absolute Gasteiger partial charge is 0.228 e. The highest BCUT2D eigenvalue weighted by Gasteiger charge is 2.17. The zero-order chi connectivity index (χ0) is 20.2. The van der Waals surface area contributed by atoms with Crippen molar-refractivity contribution in [2.24, 2.45) is 0 Å². The number of oxazole rings is 1. The summed E-state index contributed by atoms with van der Waals surface area (Å²) in [5, 5.41) is 22.0. The van der Waals surface area contributed by atoms with E-state index in [-0.39, 0.29) is 6.61 Å². The van der Waals surface area contributed by atoms with Gasteiger partial charge in [0.25, 0.3) is 0 Å². The highest BCUT2D eigenvalue weighted by atomic mass is 16.3. The van der Waals surface area contributed by atoms with Gasteiger partial charge in [0.1, 0.15) is 11.6 Å². The zero-order valence-electron chi connectivity index (χ0n) is 16.1. The van der Waals surface area contributed by atoms with Crippen LogP contribution in [-0.2, 0) is 6.54 Å². The zero-order valence-corrected chi connectivity index (χ0v) is 16.1. The summed E-state index contributed by atoms with van der Waals surface area (Å²) in [6.07, 6.45) is 0. The van der Waals surface area contributed by atoms with E-state index in [1.807, 2.05) is 67.6 Å². The molecule has 0 saturated heterocycles. The average molecular weight is 383 g/mol. The fourth-order valence-electron chi connectivity index (χ4n) is 3.51. The predicted molar refractivity (Wildman–Crippen MR) is 113 cm³/mol. The molecular formula is C24H21N3O2. The summed E-state index contributed by atoms with van der Waals surface area (Å²) in [6.45, 7) is 3.27. The number of aryl methyl sites for hydroxylation is 1. The minimum atomic E-state index is 0.101. The summed E-state index contributed by atoms with van der Waals surface area (Å²) >= 11 is 0. The van der Waals surface area contributed by atoms with Crippen molar-refractivity contribution in [3.05, 3.63) is 77.4 Å². The fourth-order valence-corrected chi connectivity index (χ4v) is 3.51. The molecule has 5 heteroatoms. The number of nitrogens with zero attached hydrogens (tertiary/aromatic N) is 2. The van der Waals surface area contributed by atoms with Gasteiger partial charge in [0, 0.05) is 18.7 Å². The predicted octanol–water partition coefficient (Wildman–Crippen LogP) is 4.42. The lowest BCUT2D eigenvalue weighted by atomic mass is 9.96. The van der Waals surface area contributed by atoms with Crippen LogP contribution in [-0.4, -0.2) is 23.2 Å². The Labute approximate surface area is 169 Å². The minimum absolute atomic E-state index is 0.101. The molecular weight excluding hydrogens is 362 g/mol. The molecule has 1 aromatic heterocycles. The van der Waals surface area contributed by atoms with Crippen LogP contribution in [0.2, 0.25) is 0 Å². The molecule has 29 heavy (non-hydrogen) atoms. The van der Waals surface area contributed by atoms with Gasteiger partial charge in [-0.3, -0.25) is 0 Å². The molecule has 4 rings (SSSR count). The van der Waals surface area contributed by atoms with Gasteiger partial charge in [-0.1, -0.05) is 48.5 Å². The van der Waals surface area contributed by atoms with E-state index in [0.29, 0.717) is 30.1 Å². The molecule has 0 amide bonds. The van der Waals surface area contributed by atoms with Crippen LogP contribution in [0.1, 0.15) is 16.7 Å². The van der Waals surface area contributed by atoms with Crippen molar-refractivity contribution in [3.63, 3.8) is 0 Å². The topological polar surface area (TPSA) is 82.1 Å². The van der Waals surface area contributed by atoms with Gasteiger partial charge in [-0.25, -0.2) is 4.98 Å². The Kier molecular flexibility index (Phi) is 5.39. The summed E-state index contributed by atoms with van der Waals surface area (Å²) in [6, 6.07) is 21.9. The number of nitriles is 1. The van der Waals surface area contributed by atoms with Crippen LogP contribution in [0.5, 0.6) is 0 Å². The van der Waals surface area contributed by atoms with E-state index < -0.39 is 0 Å². The molecule has 0 fully saturated rings. The van der Waals surface area contributed by atoms with Gasteiger partial charge in [-0.2, -0.15) is 5.26 Å². The number of aliphatic hydroxyl groups is 1. The SMILES string of the molecule is Cc1cc(CNCCO)cc2nc(-c3cccc(-c4ccccc4)c3C#N)oc12. The van der Waals surface area contributed by atoms with Gasteiger partial charge in [0.15, 0.2) is 5.58 Å². The molecule has 0 aliphatic carbocycles. The maximum Gasteiger partial charge on any atom is 0.228 e. The third-order valence-electron chi connectivity index (χ3n) is 4.84. The molecule has 0 radical (unpaired) electrons. The highest BCUT2D eigenvalue weighted by Crippen LogP contribution is 2.34. The third kappa shape index (κ3) is 3.77. The first-order valence-electron chi connectivity index (χ1n) is 9.52. The maximum absolute atomic E-state index is 9.87. The lowest BCUT2D eigenvalue weighted by Gasteiger charge is -2.07. The summed E-state index contributed by atoms with van der Waals surface area (Å²) < 4.78 is 6.08. The first-order chi connectivity index (χ1) is 14.2. The lowest BCUT2D eigenvalue weighted by molar-refractivity contribution is 0.292. The first kappa shape index (κ1) is 18.9. The average Bonchev–Trinajstić information content (AvgIpc) is 3.18. The first-order valence-corrected chi connectivity index (χ1v) is 9.52. The lowest BCUT2D eigenvalue weighted by Crippen LogP contribution is -2.17. The molecule has 144 valence electrons. The molecule has 2 N–H and O–H groups in total. The normalized spacial score (nSPS) is 10.9. The van der Waals surface area contributed by atoms with Crippen molar-refractivity contribution >= 4 is 11.1 Å². The van der Waals surface area contributed by atoms with Crippen molar-refractivity contribution in [3.8, 4) is 28.7 Å². The standard InChI is InChI=1S/C24H21N3O2/c1-16-12-17(15-26-10-11-28)13-22-23(16)29-24(27-22)20-9-5-8-19(21(20)14-25)18-6-3-2-4-7-18/h2-9,12-13,26,28H,10-11,15H2,1H3. The van der Waals surface area contributed by atoms with E-state index in [1.165, 1.54) is 0 Å². The molecule has 0 bridgehead atoms. The highest BCUT2D eigenvalue weighted by molar-refractivity contribution is 5.84. The summed E-state index contributed by atoms with van der Waals surface area (Å²) in [7, 11) is 0. The third-order valence-corrected chi connectivity index (χ3v) is 4.84. The molecule has 0 unspecified atom stereocenters. The van der Waals surface area contributed by atoms with Gasteiger partial charge in [0.05, 0.1) is 17.7 Å². The van der Waals surface area contributed by atoms with Crippen LogP contribution in [0, 0.1) is 18.3 Å². The summed E-state index contributed by atoms with van der Waals surface area (Å²) in [5.74, 6) is 0.442. The van der Waals surface area contributed by atoms with Gasteiger partial charge in [-0.15, -0.1) is 0 Å². The molecule has 0 spiro atoms. The van der Waals surface area contributed by atoms with E-state index in [1.54, 1.807) is 0 Å². The minimum Gasteiger partial charge on any atom is -0.436 e. The molecule has 5 nitrogen and oxygen atoms in total. The number of aliphatic hydroxyl groups excluding tert-OH is 1. The molecule has 4 aromatic rings. The number of nitrogens with one attached hydrogen (secondary N) is 1. The van der Waals surface area contributed by atoms with Crippen molar-refractivity contribution in [2.75, 3.05) is 13.2 Å². The van der Waals surface area contributed by atoms with Crippen molar-refractivity contribution in [1.29, 1.82) is 5.26 Å². The Balaban J connectivity index is 1.79. The molecule has 0 aliphatic heterocycles. The van der Waals surface area contributed by atoms with E-state index in [4.69, 9.17) is 9.52 Å². The Morgan fingerprint density at radius 1 is 1.07 bits per heavy atom. The van der Waals surface area contributed by atoms with Gasteiger partial charge in [-0.05, 0) is 35.7 Å². The number of rotatable bonds is 6. The second-order valence-corrected chi connectivity index (χ2v) is 6.89. The Morgan fingerprint density at radius 3 is 2.62 bits per heavy atom. The van der Waals surface area contributed by atoms with E-state index >= 15 is 0 Å². The maximum atomic E-state index is 9.87. The van der Waals surface area contributed by atoms with Gasteiger partial charge >= 0.3 is 0 Å². The molecule has 0 saturated carbocycles. The summed E-state index contributed by atoms with van der Waals surface area (Å²) in [4.78, 5) is 4.68. The van der Waals surface area contributed by atoms with Crippen LogP contribution in [0.3, 0.4) is 0 Å². The second-order valence-electron chi connectivity index (χ2n) is 6.89. The summed E-state index contributed by atoms with van der Waals surface area (Å²) in [5.41, 5.74) is 6.61. The number of hydrogen-bond donors (Lipinski definition) is 2. The van der Waals surface area contributed by atoms with Crippen molar-refractivity contribution in [2.45, 2.75) is 13.5 Å². The number of aromatic nitrogens is 1. The molecule has 3 aromatic carbocycles. The van der Waals surface area contributed by atoms with Gasteiger partial charge in [0.2, 0.25) is 5.89 Å². The van der Waals surface area contributed by atoms with Crippen molar-refractivity contribution in [1.82, 2.24) is 10.3 Å². The van der Waals surface area contributed by atoms with Crippen LogP contribution in [0.4, 0.5) is 0 Å². The number of benzene rings is 3. The van der Waals surface area contributed by atoms with Crippen LogP contribution < -0.4 is 5.32 Å². The van der Waals surface area contributed by atoms with E-state index in [0.717, 1.165) is 33.4 Å². The molecule has 1 heterocycles. The van der Waals surface area contributed by atoms with Crippen molar-refractivity contribution < 1.29 is 9.52 Å². The van der Waals surface area contributed by atoms with Gasteiger partial charge < -0.3 is 14.8 Å². The molecule has 0 atom stereocenters. The Bertz CT molecular complexity index is 1190.